The van der Waals surface area contributed by atoms with Crippen molar-refractivity contribution in [1.82, 2.24) is 19.9 Å². The zero-order chi connectivity index (χ0) is 19.7. The number of hydrogen-bond donors (Lipinski definition) is 1. The Labute approximate surface area is 163 Å². The van der Waals surface area contributed by atoms with Crippen molar-refractivity contribution in [2.45, 2.75) is 30.7 Å². The Hall–Kier alpha value is -2.68. The first-order valence-electron chi connectivity index (χ1n) is 9.30. The number of H-pyrrole nitrogens is 1. The highest BCUT2D eigenvalue weighted by Crippen LogP contribution is 2.36. The predicted octanol–water partition coefficient (Wildman–Crippen LogP) is 2.44. The molecular weight excluding hydrogens is 378 g/mol. The fourth-order valence-corrected chi connectivity index (χ4v) is 5.32. The van der Waals surface area contributed by atoms with Crippen LogP contribution in [0.1, 0.15) is 19.8 Å². The Morgan fingerprint density at radius 1 is 1.25 bits per heavy atom. The molecule has 1 aliphatic carbocycles. The number of aromatic nitrogens is 4. The van der Waals surface area contributed by atoms with Gasteiger partial charge in [0.05, 0.1) is 22.6 Å². The summed E-state index contributed by atoms with van der Waals surface area (Å²) in [6.45, 7) is 2.29. The number of fused-ring (bicyclic) bond motifs is 1. The highest BCUT2D eigenvalue weighted by Gasteiger charge is 2.36. The van der Waals surface area contributed by atoms with Gasteiger partial charge in [-0.15, -0.1) is 0 Å². The number of nitrogens with one attached hydrogen (secondary N) is 1. The summed E-state index contributed by atoms with van der Waals surface area (Å²) in [6.07, 6.45) is 6.50. The molecule has 0 aliphatic heterocycles. The number of aromatic amines is 1. The van der Waals surface area contributed by atoms with E-state index in [4.69, 9.17) is 4.74 Å². The van der Waals surface area contributed by atoms with Gasteiger partial charge < -0.3 is 14.6 Å². The molecule has 1 saturated carbocycles. The van der Waals surface area contributed by atoms with E-state index in [2.05, 4.69) is 24.8 Å². The van der Waals surface area contributed by atoms with Crippen molar-refractivity contribution in [2.75, 3.05) is 24.3 Å². The molecule has 0 atom stereocenters. The SMILES string of the molecule is CCOc1cc(S(=O)(=O)CC2CC(N(C)c3ncnc4[nH]ccc34)C2)ccn1. The molecule has 1 N–H and O–H groups in total. The summed E-state index contributed by atoms with van der Waals surface area (Å²) in [7, 11) is -1.37. The maximum absolute atomic E-state index is 12.8. The number of ether oxygens (including phenoxy) is 1. The molecule has 8 nitrogen and oxygen atoms in total. The number of anilines is 1. The monoisotopic (exact) mass is 401 g/mol. The van der Waals surface area contributed by atoms with Crippen molar-refractivity contribution in [3.05, 3.63) is 36.9 Å². The molecule has 0 saturated heterocycles. The largest absolute Gasteiger partial charge is 0.478 e. The summed E-state index contributed by atoms with van der Waals surface area (Å²) in [5, 5.41) is 0.973. The number of sulfone groups is 1. The summed E-state index contributed by atoms with van der Waals surface area (Å²) >= 11 is 0. The summed E-state index contributed by atoms with van der Waals surface area (Å²) in [5.74, 6) is 1.47. The molecule has 3 aromatic rings. The second kappa shape index (κ2) is 7.38. The van der Waals surface area contributed by atoms with Crippen molar-refractivity contribution >= 4 is 26.7 Å². The first kappa shape index (κ1) is 18.7. The summed E-state index contributed by atoms with van der Waals surface area (Å²) in [6, 6.07) is 5.26. The lowest BCUT2D eigenvalue weighted by Gasteiger charge is -2.41. The summed E-state index contributed by atoms with van der Waals surface area (Å²) in [4.78, 5) is 18.2. The fraction of sp³-hybridized carbons (Fsp3) is 0.421. The topological polar surface area (TPSA) is 101 Å². The molecule has 0 unspecified atom stereocenters. The zero-order valence-corrected chi connectivity index (χ0v) is 16.7. The number of pyridine rings is 1. The molecule has 0 aromatic carbocycles. The lowest BCUT2D eigenvalue weighted by molar-refractivity contribution is 0.282. The normalized spacial score (nSPS) is 19.4. The highest BCUT2D eigenvalue weighted by atomic mass is 32.2. The van der Waals surface area contributed by atoms with Gasteiger partial charge in [-0.25, -0.2) is 23.4 Å². The predicted molar refractivity (Wildman–Crippen MR) is 106 cm³/mol. The molecular formula is C19H23N5O3S. The molecule has 3 heterocycles. The van der Waals surface area contributed by atoms with Crippen LogP contribution in [-0.4, -0.2) is 53.8 Å². The summed E-state index contributed by atoms with van der Waals surface area (Å²) in [5.41, 5.74) is 0.804. The maximum Gasteiger partial charge on any atom is 0.214 e. The van der Waals surface area contributed by atoms with E-state index in [1.807, 2.05) is 26.2 Å². The van der Waals surface area contributed by atoms with Crippen LogP contribution in [0, 0.1) is 5.92 Å². The second-order valence-electron chi connectivity index (χ2n) is 7.08. The van der Waals surface area contributed by atoms with Crippen LogP contribution in [0.5, 0.6) is 5.88 Å². The van der Waals surface area contributed by atoms with Crippen LogP contribution in [-0.2, 0) is 9.84 Å². The minimum atomic E-state index is -3.37. The van der Waals surface area contributed by atoms with Crippen LogP contribution in [0.15, 0.2) is 41.8 Å². The maximum atomic E-state index is 12.8. The Kier molecular flexibility index (Phi) is 4.92. The average Bonchev–Trinajstić information content (AvgIpc) is 3.13. The molecule has 148 valence electrons. The second-order valence-corrected chi connectivity index (χ2v) is 9.12. The van der Waals surface area contributed by atoms with Gasteiger partial charge in [0.25, 0.3) is 0 Å². The Balaban J connectivity index is 1.41. The van der Waals surface area contributed by atoms with Gasteiger partial charge in [0.15, 0.2) is 9.84 Å². The Morgan fingerprint density at radius 2 is 2.07 bits per heavy atom. The van der Waals surface area contributed by atoms with Gasteiger partial charge in [-0.3, -0.25) is 0 Å². The lowest BCUT2D eigenvalue weighted by atomic mass is 9.81. The van der Waals surface area contributed by atoms with Crippen molar-refractivity contribution in [2.24, 2.45) is 5.92 Å². The Morgan fingerprint density at radius 3 is 2.86 bits per heavy atom. The van der Waals surface area contributed by atoms with Crippen LogP contribution in [0.2, 0.25) is 0 Å². The standard InChI is InChI=1S/C19H23N5O3S/c1-3-27-17-10-15(4-6-20-17)28(25,26)11-13-8-14(9-13)24(2)19-16-5-7-21-18(16)22-12-23-19/h4-7,10,12-14H,3,8-9,11H2,1-2H3,(H,21,22,23). The first-order chi connectivity index (χ1) is 13.5. The molecule has 9 heteroatoms. The molecule has 1 aliphatic rings. The minimum Gasteiger partial charge on any atom is -0.478 e. The first-order valence-corrected chi connectivity index (χ1v) is 11.0. The van der Waals surface area contributed by atoms with Crippen molar-refractivity contribution in [1.29, 1.82) is 0 Å². The third kappa shape index (κ3) is 3.54. The number of hydrogen-bond acceptors (Lipinski definition) is 7. The minimum absolute atomic E-state index is 0.129. The molecule has 4 rings (SSSR count). The lowest BCUT2D eigenvalue weighted by Crippen LogP contribution is -2.45. The molecule has 0 bridgehead atoms. The van der Waals surface area contributed by atoms with Gasteiger partial charge in [-0.2, -0.15) is 0 Å². The van der Waals surface area contributed by atoms with Gasteiger partial charge >= 0.3 is 0 Å². The molecule has 0 radical (unpaired) electrons. The van der Waals surface area contributed by atoms with E-state index in [9.17, 15) is 8.42 Å². The van der Waals surface area contributed by atoms with Crippen molar-refractivity contribution in [3.63, 3.8) is 0 Å². The van der Waals surface area contributed by atoms with E-state index >= 15 is 0 Å². The summed E-state index contributed by atoms with van der Waals surface area (Å²) < 4.78 is 30.8. The van der Waals surface area contributed by atoms with Gasteiger partial charge in [0, 0.05) is 31.5 Å². The number of nitrogens with zero attached hydrogens (tertiary/aromatic N) is 4. The van der Waals surface area contributed by atoms with Gasteiger partial charge in [-0.05, 0) is 37.8 Å². The molecule has 28 heavy (non-hydrogen) atoms. The quantitative estimate of drug-likeness (QED) is 0.649. The third-order valence-electron chi connectivity index (χ3n) is 5.24. The van der Waals surface area contributed by atoms with Crippen LogP contribution in [0.3, 0.4) is 0 Å². The molecule has 0 spiro atoms. The van der Waals surface area contributed by atoms with E-state index in [1.165, 1.54) is 18.3 Å². The van der Waals surface area contributed by atoms with Gasteiger partial charge in [0.2, 0.25) is 5.88 Å². The number of rotatable bonds is 7. The van der Waals surface area contributed by atoms with Crippen LogP contribution >= 0.6 is 0 Å². The van der Waals surface area contributed by atoms with Gasteiger partial charge in [0.1, 0.15) is 17.8 Å². The Bertz CT molecular complexity index is 1080. The fourth-order valence-electron chi connectivity index (χ4n) is 3.68. The van der Waals surface area contributed by atoms with E-state index < -0.39 is 9.84 Å². The molecule has 3 aromatic heterocycles. The van der Waals surface area contributed by atoms with Crippen LogP contribution < -0.4 is 9.64 Å². The van der Waals surface area contributed by atoms with Crippen LogP contribution in [0.25, 0.3) is 11.0 Å². The van der Waals surface area contributed by atoms with E-state index in [-0.39, 0.29) is 22.6 Å². The van der Waals surface area contributed by atoms with E-state index in [0.717, 1.165) is 29.7 Å². The third-order valence-corrected chi connectivity index (χ3v) is 7.12. The van der Waals surface area contributed by atoms with E-state index in [0.29, 0.717) is 12.5 Å². The molecule has 0 amide bonds. The molecule has 1 fully saturated rings. The smallest absolute Gasteiger partial charge is 0.214 e. The van der Waals surface area contributed by atoms with Crippen molar-refractivity contribution in [3.8, 4) is 5.88 Å². The van der Waals surface area contributed by atoms with Gasteiger partial charge in [-0.1, -0.05) is 0 Å². The highest BCUT2D eigenvalue weighted by molar-refractivity contribution is 7.91. The van der Waals surface area contributed by atoms with E-state index in [1.54, 1.807) is 6.33 Å². The van der Waals surface area contributed by atoms with Crippen molar-refractivity contribution < 1.29 is 13.2 Å². The average molecular weight is 401 g/mol. The van der Waals surface area contributed by atoms with Crippen LogP contribution in [0.4, 0.5) is 5.82 Å². The zero-order valence-electron chi connectivity index (χ0n) is 15.9.